The number of rotatable bonds is 7. The Morgan fingerprint density at radius 1 is 1.00 bits per heavy atom. The molecule has 2 unspecified atom stereocenters. The van der Waals surface area contributed by atoms with Crippen LogP contribution < -0.4 is 9.47 Å². The molecule has 2 atom stereocenters. The number of carbonyl (C=O) groups is 1. The lowest BCUT2D eigenvalue weighted by atomic mass is 9.89. The van der Waals surface area contributed by atoms with Crippen molar-refractivity contribution < 1.29 is 14.3 Å². The van der Waals surface area contributed by atoms with Gasteiger partial charge in [-0.2, -0.15) is 5.26 Å². The number of amides is 1. The van der Waals surface area contributed by atoms with Crippen molar-refractivity contribution in [2.45, 2.75) is 18.6 Å². The number of carbonyl (C=O) groups excluding carboxylic acids is 1. The van der Waals surface area contributed by atoms with Crippen LogP contribution in [-0.4, -0.2) is 35.5 Å². The molecule has 0 bridgehead atoms. The number of nitriles is 1. The summed E-state index contributed by atoms with van der Waals surface area (Å²) >= 11 is 0. The number of aromatic amines is 1. The summed E-state index contributed by atoms with van der Waals surface area (Å²) in [6.45, 7) is 0.577. The maximum Gasteiger partial charge on any atom is 0.266 e. The fraction of sp³-hybridized carbons (Fsp3) is 0.185. The van der Waals surface area contributed by atoms with E-state index in [-0.39, 0.29) is 11.9 Å². The topological polar surface area (TPSA) is 78.3 Å². The Morgan fingerprint density at radius 2 is 1.73 bits per heavy atom. The summed E-state index contributed by atoms with van der Waals surface area (Å²) in [5.41, 5.74) is 3.80. The molecule has 5 rings (SSSR count). The largest absolute Gasteiger partial charge is 0.497 e. The van der Waals surface area contributed by atoms with Gasteiger partial charge in [-0.25, -0.2) is 0 Å². The summed E-state index contributed by atoms with van der Waals surface area (Å²) in [5.74, 6) is 1.30. The lowest BCUT2D eigenvalue weighted by Crippen LogP contribution is -2.61. The number of fused-ring (bicyclic) bond motifs is 1. The quantitative estimate of drug-likeness (QED) is 0.428. The molecule has 0 saturated carbocycles. The minimum Gasteiger partial charge on any atom is -0.497 e. The molecule has 1 aliphatic rings. The third-order valence-electron chi connectivity index (χ3n) is 6.15. The highest BCUT2D eigenvalue weighted by atomic mass is 16.5. The first-order valence-electron chi connectivity index (χ1n) is 10.8. The second kappa shape index (κ2) is 8.71. The van der Waals surface area contributed by atoms with Gasteiger partial charge in [0.05, 0.1) is 18.7 Å². The van der Waals surface area contributed by atoms with Gasteiger partial charge in [0.1, 0.15) is 17.5 Å². The molecule has 33 heavy (non-hydrogen) atoms. The highest BCUT2D eigenvalue weighted by molar-refractivity contribution is 5.89. The van der Waals surface area contributed by atoms with Gasteiger partial charge in [0.25, 0.3) is 5.91 Å². The van der Waals surface area contributed by atoms with E-state index < -0.39 is 6.10 Å². The minimum atomic E-state index is -0.616. The number of β-lactam (4-membered cyclic amide) rings is 1. The Balaban J connectivity index is 1.38. The van der Waals surface area contributed by atoms with E-state index in [0.29, 0.717) is 17.9 Å². The number of benzene rings is 3. The summed E-state index contributed by atoms with van der Waals surface area (Å²) in [7, 11) is 1.61. The number of likely N-dealkylation sites (tertiary alicyclic amines) is 1. The molecule has 1 N–H and O–H groups in total. The molecule has 3 aromatic carbocycles. The molecule has 1 aliphatic heterocycles. The first-order chi connectivity index (χ1) is 16.2. The Kier molecular flexibility index (Phi) is 5.45. The zero-order valence-electron chi connectivity index (χ0n) is 18.2. The number of para-hydroxylation sites is 1. The van der Waals surface area contributed by atoms with E-state index in [1.165, 1.54) is 10.9 Å². The van der Waals surface area contributed by atoms with E-state index in [1.54, 1.807) is 31.4 Å². The minimum absolute atomic E-state index is 0.0416. The average Bonchev–Trinajstić information content (AvgIpc) is 3.28. The Morgan fingerprint density at radius 3 is 2.45 bits per heavy atom. The maximum absolute atomic E-state index is 13.1. The van der Waals surface area contributed by atoms with Crippen LogP contribution in [0.2, 0.25) is 0 Å². The summed E-state index contributed by atoms with van der Waals surface area (Å²) in [4.78, 5) is 18.3. The molecule has 6 heteroatoms. The third kappa shape index (κ3) is 3.90. The summed E-state index contributed by atoms with van der Waals surface area (Å²) in [6, 6.07) is 24.7. The first-order valence-corrected chi connectivity index (χ1v) is 10.8. The summed E-state index contributed by atoms with van der Waals surface area (Å²) < 4.78 is 11.3. The van der Waals surface area contributed by atoms with E-state index >= 15 is 0 Å². The van der Waals surface area contributed by atoms with Crippen molar-refractivity contribution in [2.75, 3.05) is 13.7 Å². The molecule has 0 radical (unpaired) electrons. The summed E-state index contributed by atoms with van der Waals surface area (Å²) in [6.07, 6.45) is 2.13. The fourth-order valence-corrected chi connectivity index (χ4v) is 4.37. The molecule has 4 aromatic rings. The van der Waals surface area contributed by atoms with Gasteiger partial charge in [-0.15, -0.1) is 0 Å². The van der Waals surface area contributed by atoms with Crippen LogP contribution in [0.25, 0.3) is 10.9 Å². The lowest BCUT2D eigenvalue weighted by molar-refractivity contribution is -0.164. The number of H-pyrrole nitrogens is 1. The second-order valence-electron chi connectivity index (χ2n) is 8.03. The van der Waals surface area contributed by atoms with Crippen LogP contribution in [-0.2, 0) is 11.2 Å². The van der Waals surface area contributed by atoms with Crippen molar-refractivity contribution in [1.29, 1.82) is 5.26 Å². The highest BCUT2D eigenvalue weighted by Gasteiger charge is 2.49. The second-order valence-corrected chi connectivity index (χ2v) is 8.03. The number of nitrogens with one attached hydrogen (secondary N) is 1. The van der Waals surface area contributed by atoms with Gasteiger partial charge in [0.15, 0.2) is 0 Å². The predicted octanol–water partition coefficient (Wildman–Crippen LogP) is 4.62. The number of hydrogen-bond donors (Lipinski definition) is 1. The Hall–Kier alpha value is -4.24. The first kappa shape index (κ1) is 20.7. The normalized spacial score (nSPS) is 17.5. The van der Waals surface area contributed by atoms with Crippen LogP contribution in [0.15, 0.2) is 79.0 Å². The molecule has 1 saturated heterocycles. The monoisotopic (exact) mass is 437 g/mol. The van der Waals surface area contributed by atoms with E-state index in [1.807, 2.05) is 53.6 Å². The molecular formula is C27H23N3O3. The molecule has 6 nitrogen and oxygen atoms in total. The average molecular weight is 437 g/mol. The van der Waals surface area contributed by atoms with Gasteiger partial charge in [0, 0.05) is 23.6 Å². The maximum atomic E-state index is 13.1. The number of nitrogens with zero attached hydrogens (tertiary/aromatic N) is 2. The van der Waals surface area contributed by atoms with Gasteiger partial charge < -0.3 is 19.4 Å². The highest BCUT2D eigenvalue weighted by Crippen LogP contribution is 2.38. The van der Waals surface area contributed by atoms with Crippen molar-refractivity contribution >= 4 is 16.8 Å². The van der Waals surface area contributed by atoms with Crippen molar-refractivity contribution in [2.24, 2.45) is 0 Å². The predicted molar refractivity (Wildman–Crippen MR) is 125 cm³/mol. The number of ether oxygens (including phenoxy) is 2. The molecule has 0 spiro atoms. The van der Waals surface area contributed by atoms with Gasteiger partial charge in [-0.05, 0) is 60.0 Å². The third-order valence-corrected chi connectivity index (χ3v) is 6.15. The van der Waals surface area contributed by atoms with E-state index in [2.05, 4.69) is 17.1 Å². The van der Waals surface area contributed by atoms with E-state index in [4.69, 9.17) is 14.7 Å². The summed E-state index contributed by atoms with van der Waals surface area (Å²) in [5, 5.41) is 10.3. The van der Waals surface area contributed by atoms with E-state index in [9.17, 15) is 4.79 Å². The van der Waals surface area contributed by atoms with Crippen LogP contribution in [0.1, 0.15) is 22.7 Å². The van der Waals surface area contributed by atoms with Gasteiger partial charge in [0.2, 0.25) is 6.10 Å². The van der Waals surface area contributed by atoms with Crippen LogP contribution in [0.5, 0.6) is 11.5 Å². The molecule has 1 aromatic heterocycles. The van der Waals surface area contributed by atoms with Crippen LogP contribution in [0.4, 0.5) is 0 Å². The van der Waals surface area contributed by atoms with E-state index in [0.717, 1.165) is 23.3 Å². The SMILES string of the molecule is COc1ccc(OC2C(=O)N(CCc3c[nH]c4ccccc34)C2c2ccc(C#N)cc2)cc1. The molecule has 164 valence electrons. The fourth-order valence-electron chi connectivity index (χ4n) is 4.37. The lowest BCUT2D eigenvalue weighted by Gasteiger charge is -2.47. The van der Waals surface area contributed by atoms with Gasteiger partial charge in [-0.1, -0.05) is 30.3 Å². The number of aromatic nitrogens is 1. The van der Waals surface area contributed by atoms with Gasteiger partial charge >= 0.3 is 0 Å². The zero-order valence-corrected chi connectivity index (χ0v) is 18.2. The Labute approximate surface area is 192 Å². The van der Waals surface area contributed by atoms with Crippen LogP contribution >= 0.6 is 0 Å². The van der Waals surface area contributed by atoms with Crippen molar-refractivity contribution in [1.82, 2.24) is 9.88 Å². The van der Waals surface area contributed by atoms with Gasteiger partial charge in [-0.3, -0.25) is 4.79 Å². The molecular weight excluding hydrogens is 414 g/mol. The van der Waals surface area contributed by atoms with Crippen molar-refractivity contribution in [3.8, 4) is 17.6 Å². The molecule has 0 aliphatic carbocycles. The zero-order chi connectivity index (χ0) is 22.8. The molecule has 2 heterocycles. The van der Waals surface area contributed by atoms with Crippen molar-refractivity contribution in [3.63, 3.8) is 0 Å². The molecule has 1 fully saturated rings. The Bertz CT molecular complexity index is 1320. The van der Waals surface area contributed by atoms with Crippen LogP contribution in [0.3, 0.4) is 0 Å². The van der Waals surface area contributed by atoms with Crippen molar-refractivity contribution in [3.05, 3.63) is 95.7 Å². The number of hydrogen-bond acceptors (Lipinski definition) is 4. The van der Waals surface area contributed by atoms with Crippen LogP contribution in [0, 0.1) is 11.3 Å². The number of methoxy groups -OCH3 is 1. The standard InChI is InChI=1S/C27H23N3O3/c1-32-21-10-12-22(13-11-21)33-26-25(19-8-6-18(16-28)7-9-19)30(27(26)31)15-14-20-17-29-24-5-3-2-4-23(20)24/h2-13,17,25-26,29H,14-15H2,1H3. The smallest absolute Gasteiger partial charge is 0.266 e. The molecule has 1 amide bonds.